The lowest BCUT2D eigenvalue weighted by atomic mass is 9.85. The van der Waals surface area contributed by atoms with Gasteiger partial charge in [-0.2, -0.15) is 0 Å². The Labute approximate surface area is 112 Å². The Balaban J connectivity index is 3.26. The molecule has 3 heteroatoms. The van der Waals surface area contributed by atoms with E-state index in [9.17, 15) is 0 Å². The van der Waals surface area contributed by atoms with Crippen molar-refractivity contribution in [3.05, 3.63) is 33.3 Å². The monoisotopic (exact) mass is 300 g/mol. The van der Waals surface area contributed by atoms with E-state index in [1.807, 2.05) is 0 Å². The van der Waals surface area contributed by atoms with Crippen molar-refractivity contribution in [3.63, 3.8) is 0 Å². The third kappa shape index (κ3) is 3.80. The molecule has 0 heterocycles. The Morgan fingerprint density at radius 2 is 1.41 bits per heavy atom. The fourth-order valence-corrected chi connectivity index (χ4v) is 2.16. The largest absolute Gasteiger partial charge is 0.380 e. The summed E-state index contributed by atoms with van der Waals surface area (Å²) >= 11 is 3.62. The molecule has 0 fully saturated rings. The van der Waals surface area contributed by atoms with Crippen LogP contribution in [0.25, 0.3) is 0 Å². The van der Waals surface area contributed by atoms with E-state index in [1.165, 1.54) is 16.7 Å². The highest BCUT2D eigenvalue weighted by atomic mass is 79.9. The molecular weight excluding hydrogens is 280 g/mol. The van der Waals surface area contributed by atoms with Gasteiger partial charge < -0.3 is 9.47 Å². The van der Waals surface area contributed by atoms with Crippen LogP contribution in [0.3, 0.4) is 0 Å². The maximum Gasteiger partial charge on any atom is 0.0724 e. The van der Waals surface area contributed by atoms with Crippen LogP contribution in [0.15, 0.2) is 16.6 Å². The van der Waals surface area contributed by atoms with Crippen LogP contribution in [0.5, 0.6) is 0 Å². The van der Waals surface area contributed by atoms with E-state index >= 15 is 0 Å². The zero-order valence-electron chi connectivity index (χ0n) is 11.3. The predicted molar refractivity (Wildman–Crippen MR) is 74.3 cm³/mol. The Morgan fingerprint density at radius 1 is 1.00 bits per heavy atom. The minimum Gasteiger partial charge on any atom is -0.380 e. The second-order valence-corrected chi connectivity index (χ2v) is 6.02. The van der Waals surface area contributed by atoms with Crippen LogP contribution in [-0.4, -0.2) is 14.2 Å². The molecule has 0 aliphatic rings. The first-order valence-electron chi connectivity index (χ1n) is 5.69. The van der Waals surface area contributed by atoms with Crippen molar-refractivity contribution in [2.75, 3.05) is 14.2 Å². The van der Waals surface area contributed by atoms with E-state index in [0.29, 0.717) is 13.2 Å². The van der Waals surface area contributed by atoms with Crippen molar-refractivity contribution in [1.82, 2.24) is 0 Å². The topological polar surface area (TPSA) is 18.5 Å². The molecular formula is C14H21BrO2. The minimum atomic E-state index is 0.131. The summed E-state index contributed by atoms with van der Waals surface area (Å²) in [5.41, 5.74) is 3.78. The third-order valence-electron chi connectivity index (χ3n) is 2.69. The van der Waals surface area contributed by atoms with Crippen molar-refractivity contribution in [1.29, 1.82) is 0 Å². The van der Waals surface area contributed by atoms with Gasteiger partial charge >= 0.3 is 0 Å². The molecule has 0 radical (unpaired) electrons. The van der Waals surface area contributed by atoms with Gasteiger partial charge in [0.2, 0.25) is 0 Å². The zero-order chi connectivity index (χ0) is 13.1. The average Bonchev–Trinajstić information content (AvgIpc) is 2.22. The van der Waals surface area contributed by atoms with Gasteiger partial charge in [-0.15, -0.1) is 0 Å². The number of halogens is 1. The van der Waals surface area contributed by atoms with Gasteiger partial charge in [-0.1, -0.05) is 48.8 Å². The van der Waals surface area contributed by atoms with Crippen LogP contribution in [0.4, 0.5) is 0 Å². The Morgan fingerprint density at radius 3 is 1.71 bits per heavy atom. The van der Waals surface area contributed by atoms with Gasteiger partial charge in [0.15, 0.2) is 0 Å². The van der Waals surface area contributed by atoms with Crippen LogP contribution < -0.4 is 0 Å². The molecule has 2 nitrogen and oxygen atoms in total. The maximum absolute atomic E-state index is 5.24. The molecule has 0 saturated heterocycles. The molecule has 1 aromatic rings. The molecule has 1 aromatic carbocycles. The lowest BCUT2D eigenvalue weighted by Gasteiger charge is -2.22. The molecule has 0 N–H and O–H groups in total. The molecule has 0 saturated carbocycles. The summed E-state index contributed by atoms with van der Waals surface area (Å²) in [6, 6.07) is 4.40. The second kappa shape index (κ2) is 5.98. The summed E-state index contributed by atoms with van der Waals surface area (Å²) in [7, 11) is 3.43. The van der Waals surface area contributed by atoms with Crippen LogP contribution in [-0.2, 0) is 28.1 Å². The predicted octanol–water partition coefficient (Wildman–Crippen LogP) is 4.04. The van der Waals surface area contributed by atoms with Crippen molar-refractivity contribution < 1.29 is 9.47 Å². The van der Waals surface area contributed by atoms with Gasteiger partial charge in [0, 0.05) is 18.7 Å². The molecule has 0 aliphatic heterocycles. The molecule has 0 aliphatic carbocycles. The van der Waals surface area contributed by atoms with Crippen LogP contribution >= 0.6 is 15.9 Å². The summed E-state index contributed by atoms with van der Waals surface area (Å²) in [6.45, 7) is 7.86. The van der Waals surface area contributed by atoms with Gasteiger partial charge in [0.25, 0.3) is 0 Å². The van der Waals surface area contributed by atoms with Gasteiger partial charge in [-0.25, -0.2) is 0 Å². The quantitative estimate of drug-likeness (QED) is 0.835. The molecule has 0 unspecified atom stereocenters. The molecule has 1 rings (SSSR count). The highest BCUT2D eigenvalue weighted by Crippen LogP contribution is 2.31. The van der Waals surface area contributed by atoms with Crippen molar-refractivity contribution in [2.24, 2.45) is 0 Å². The molecule has 0 atom stereocenters. The van der Waals surface area contributed by atoms with E-state index in [0.717, 1.165) is 4.47 Å². The van der Waals surface area contributed by atoms with Gasteiger partial charge in [0.1, 0.15) is 0 Å². The summed E-state index contributed by atoms with van der Waals surface area (Å²) in [5, 5.41) is 0. The van der Waals surface area contributed by atoms with E-state index < -0.39 is 0 Å². The molecule has 0 aromatic heterocycles. The van der Waals surface area contributed by atoms with E-state index in [-0.39, 0.29) is 5.41 Å². The van der Waals surface area contributed by atoms with Gasteiger partial charge in [-0.05, 0) is 22.1 Å². The Bertz CT molecular complexity index is 353. The molecule has 96 valence electrons. The number of rotatable bonds is 4. The Hall–Kier alpha value is -0.380. The van der Waals surface area contributed by atoms with Crippen LogP contribution in [0.1, 0.15) is 37.5 Å². The number of hydrogen-bond donors (Lipinski definition) is 0. The summed E-state index contributed by atoms with van der Waals surface area (Å²) in [5.74, 6) is 0. The zero-order valence-corrected chi connectivity index (χ0v) is 12.8. The van der Waals surface area contributed by atoms with Crippen molar-refractivity contribution in [3.8, 4) is 0 Å². The molecule has 0 spiro atoms. The lowest BCUT2D eigenvalue weighted by Crippen LogP contribution is -2.13. The first-order valence-corrected chi connectivity index (χ1v) is 6.49. The fraction of sp³-hybridized carbons (Fsp3) is 0.571. The number of ether oxygens (including phenoxy) is 2. The van der Waals surface area contributed by atoms with Gasteiger partial charge in [0.05, 0.1) is 13.2 Å². The van der Waals surface area contributed by atoms with Crippen LogP contribution in [0.2, 0.25) is 0 Å². The molecule has 17 heavy (non-hydrogen) atoms. The lowest BCUT2D eigenvalue weighted by molar-refractivity contribution is 0.178. The molecule has 0 bridgehead atoms. The maximum atomic E-state index is 5.24. The second-order valence-electron chi connectivity index (χ2n) is 5.22. The summed E-state index contributed by atoms with van der Waals surface area (Å²) in [4.78, 5) is 0. The van der Waals surface area contributed by atoms with E-state index in [2.05, 4.69) is 48.8 Å². The van der Waals surface area contributed by atoms with Gasteiger partial charge in [-0.3, -0.25) is 0 Å². The van der Waals surface area contributed by atoms with E-state index in [4.69, 9.17) is 9.47 Å². The third-order valence-corrected chi connectivity index (χ3v) is 3.71. The number of hydrogen-bond acceptors (Lipinski definition) is 2. The average molecular weight is 301 g/mol. The normalized spacial score (nSPS) is 11.9. The molecule has 0 amide bonds. The van der Waals surface area contributed by atoms with Crippen molar-refractivity contribution in [2.45, 2.75) is 39.4 Å². The van der Waals surface area contributed by atoms with Crippen LogP contribution in [0, 0.1) is 0 Å². The highest BCUT2D eigenvalue weighted by molar-refractivity contribution is 9.10. The Kier molecular flexibility index (Phi) is 5.17. The summed E-state index contributed by atoms with van der Waals surface area (Å²) < 4.78 is 11.6. The minimum absolute atomic E-state index is 0.131. The van der Waals surface area contributed by atoms with Crippen molar-refractivity contribution >= 4 is 15.9 Å². The van der Waals surface area contributed by atoms with E-state index in [1.54, 1.807) is 14.2 Å². The number of benzene rings is 1. The fourth-order valence-electron chi connectivity index (χ4n) is 1.70. The SMILES string of the molecule is COCc1cc(C(C)(C)C)cc(COC)c1Br. The highest BCUT2D eigenvalue weighted by Gasteiger charge is 2.17. The first kappa shape index (κ1) is 14.7. The smallest absolute Gasteiger partial charge is 0.0724 e. The summed E-state index contributed by atoms with van der Waals surface area (Å²) in [6.07, 6.45) is 0. The number of methoxy groups -OCH3 is 2. The standard InChI is InChI=1S/C14H21BrO2/c1-14(2,3)12-6-10(8-16-4)13(15)11(7-12)9-17-5/h6-7H,8-9H2,1-5H3. The first-order chi connectivity index (χ1) is 7.90.